The molecule has 0 saturated carbocycles. The fourth-order valence-corrected chi connectivity index (χ4v) is 2.96. The molecule has 1 unspecified atom stereocenters. The Bertz CT molecular complexity index is 372. The van der Waals surface area contributed by atoms with Gasteiger partial charge in [0.2, 0.25) is 0 Å². The van der Waals surface area contributed by atoms with Crippen LogP contribution in [0.3, 0.4) is 0 Å². The zero-order valence-electron chi connectivity index (χ0n) is 10.1. The highest BCUT2D eigenvalue weighted by Crippen LogP contribution is 2.25. The molecule has 4 nitrogen and oxygen atoms in total. The van der Waals surface area contributed by atoms with E-state index in [0.29, 0.717) is 18.9 Å². The first-order chi connectivity index (χ1) is 8.29. The van der Waals surface area contributed by atoms with Crippen LogP contribution in [0.1, 0.15) is 42.4 Å². The van der Waals surface area contributed by atoms with Gasteiger partial charge < -0.3 is 10.1 Å². The number of hydrogen-bond donors (Lipinski definition) is 1. The van der Waals surface area contributed by atoms with Crippen LogP contribution in [0, 0.1) is 0 Å². The van der Waals surface area contributed by atoms with Gasteiger partial charge in [0.25, 0.3) is 0 Å². The molecular formula is C12H18N2O2S. The second kappa shape index (κ2) is 6.12. The maximum absolute atomic E-state index is 11.0. The fraction of sp³-hybridized carbons (Fsp3) is 0.667. The molecule has 1 aliphatic rings. The van der Waals surface area contributed by atoms with E-state index in [2.05, 4.69) is 20.4 Å². The molecule has 0 spiro atoms. The van der Waals surface area contributed by atoms with E-state index in [1.165, 1.54) is 26.4 Å². The Kier molecular flexibility index (Phi) is 4.50. The van der Waals surface area contributed by atoms with E-state index < -0.39 is 0 Å². The largest absolute Gasteiger partial charge is 0.469 e. The Hall–Kier alpha value is -0.940. The van der Waals surface area contributed by atoms with Crippen LogP contribution in [0.4, 0.5) is 0 Å². The third-order valence-corrected chi connectivity index (χ3v) is 4.00. The van der Waals surface area contributed by atoms with Gasteiger partial charge in [0.1, 0.15) is 5.01 Å². The van der Waals surface area contributed by atoms with E-state index in [4.69, 9.17) is 0 Å². The van der Waals surface area contributed by atoms with Crippen molar-refractivity contribution < 1.29 is 9.53 Å². The molecule has 0 bridgehead atoms. The minimum absolute atomic E-state index is 0.171. The Morgan fingerprint density at radius 3 is 3.24 bits per heavy atom. The summed E-state index contributed by atoms with van der Waals surface area (Å²) in [7, 11) is 1.42. The van der Waals surface area contributed by atoms with E-state index in [1.54, 1.807) is 11.3 Å². The van der Waals surface area contributed by atoms with Crippen molar-refractivity contribution in [2.45, 2.75) is 38.1 Å². The van der Waals surface area contributed by atoms with Crippen LogP contribution in [0.15, 0.2) is 5.38 Å². The molecule has 1 fully saturated rings. The molecule has 1 N–H and O–H groups in total. The van der Waals surface area contributed by atoms with Crippen molar-refractivity contribution in [3.05, 3.63) is 16.1 Å². The van der Waals surface area contributed by atoms with E-state index in [1.807, 2.05) is 0 Å². The van der Waals surface area contributed by atoms with Crippen LogP contribution in [-0.4, -0.2) is 24.6 Å². The highest BCUT2D eigenvalue weighted by molar-refractivity contribution is 7.09. The molecule has 0 aliphatic carbocycles. The normalized spacial score (nSPS) is 20.2. The van der Waals surface area contributed by atoms with Gasteiger partial charge in [-0.05, 0) is 19.4 Å². The Morgan fingerprint density at radius 2 is 2.53 bits per heavy atom. The molecule has 1 saturated heterocycles. The van der Waals surface area contributed by atoms with Crippen LogP contribution in [0.5, 0.6) is 0 Å². The first-order valence-corrected chi connectivity index (χ1v) is 6.92. The number of ether oxygens (including phenoxy) is 1. The van der Waals surface area contributed by atoms with E-state index in [-0.39, 0.29) is 5.97 Å². The topological polar surface area (TPSA) is 51.2 Å². The lowest BCUT2D eigenvalue weighted by atomic mass is 10.1. The molecule has 2 rings (SSSR count). The van der Waals surface area contributed by atoms with Gasteiger partial charge >= 0.3 is 5.97 Å². The zero-order chi connectivity index (χ0) is 12.1. The van der Waals surface area contributed by atoms with Gasteiger partial charge in [0.05, 0.1) is 25.3 Å². The highest BCUT2D eigenvalue weighted by Gasteiger charge is 2.18. The van der Waals surface area contributed by atoms with Crippen molar-refractivity contribution in [2.24, 2.45) is 0 Å². The number of aromatic nitrogens is 1. The Morgan fingerprint density at radius 1 is 1.65 bits per heavy atom. The summed E-state index contributed by atoms with van der Waals surface area (Å²) in [6.07, 6.45) is 4.80. The van der Waals surface area contributed by atoms with Gasteiger partial charge in [-0.25, -0.2) is 4.98 Å². The molecule has 1 aromatic rings. The third-order valence-electron chi connectivity index (χ3n) is 2.99. The predicted octanol–water partition coefficient (Wildman–Crippen LogP) is 2.06. The minimum atomic E-state index is -0.171. The molecule has 17 heavy (non-hydrogen) atoms. The van der Waals surface area contributed by atoms with Crippen LogP contribution >= 0.6 is 11.3 Å². The van der Waals surface area contributed by atoms with Gasteiger partial charge in [0, 0.05) is 11.8 Å². The maximum Gasteiger partial charge on any atom is 0.305 e. The summed E-state index contributed by atoms with van der Waals surface area (Å²) in [4.78, 5) is 15.6. The number of thiazole rings is 1. The summed E-state index contributed by atoms with van der Waals surface area (Å²) < 4.78 is 4.62. The van der Waals surface area contributed by atoms with Crippen molar-refractivity contribution in [3.63, 3.8) is 0 Å². The SMILES string of the molecule is COC(=O)CCc1csc(C2CCCCN2)n1. The molecule has 0 aromatic carbocycles. The molecule has 1 atom stereocenters. The van der Waals surface area contributed by atoms with E-state index >= 15 is 0 Å². The summed E-state index contributed by atoms with van der Waals surface area (Å²) in [5.74, 6) is -0.171. The molecule has 0 amide bonds. The molecule has 0 radical (unpaired) electrons. The molecule has 1 aromatic heterocycles. The van der Waals surface area contributed by atoms with E-state index in [0.717, 1.165) is 17.2 Å². The second-order valence-corrected chi connectivity index (χ2v) is 5.15. The number of piperidine rings is 1. The average molecular weight is 254 g/mol. The van der Waals surface area contributed by atoms with Crippen LogP contribution in [-0.2, 0) is 16.0 Å². The number of rotatable bonds is 4. The lowest BCUT2D eigenvalue weighted by molar-refractivity contribution is -0.140. The number of nitrogens with one attached hydrogen (secondary N) is 1. The number of carbonyl (C=O) groups is 1. The third kappa shape index (κ3) is 3.51. The van der Waals surface area contributed by atoms with Gasteiger partial charge in [-0.2, -0.15) is 0 Å². The standard InChI is InChI=1S/C12H18N2O2S/c1-16-11(15)6-5-9-8-17-12(14-9)10-4-2-3-7-13-10/h8,10,13H,2-7H2,1H3. The summed E-state index contributed by atoms with van der Waals surface area (Å²) in [5.41, 5.74) is 1.00. The fourth-order valence-electron chi connectivity index (χ4n) is 1.99. The summed E-state index contributed by atoms with van der Waals surface area (Å²) in [6.45, 7) is 1.09. The van der Waals surface area contributed by atoms with Crippen LogP contribution < -0.4 is 5.32 Å². The van der Waals surface area contributed by atoms with Gasteiger partial charge in [-0.3, -0.25) is 4.79 Å². The first kappa shape index (κ1) is 12.5. The van der Waals surface area contributed by atoms with Crippen LogP contribution in [0.25, 0.3) is 0 Å². The number of carbonyl (C=O) groups excluding carboxylic acids is 1. The molecule has 2 heterocycles. The zero-order valence-corrected chi connectivity index (χ0v) is 10.9. The average Bonchev–Trinajstić information content (AvgIpc) is 2.86. The summed E-state index contributed by atoms with van der Waals surface area (Å²) in [5, 5.41) is 6.69. The van der Waals surface area contributed by atoms with Gasteiger partial charge in [-0.1, -0.05) is 6.42 Å². The quantitative estimate of drug-likeness (QED) is 0.836. The lowest BCUT2D eigenvalue weighted by Crippen LogP contribution is -2.26. The maximum atomic E-state index is 11.0. The molecule has 5 heteroatoms. The summed E-state index contributed by atoms with van der Waals surface area (Å²) in [6, 6.07) is 0.417. The molecule has 1 aliphatic heterocycles. The number of methoxy groups -OCH3 is 1. The van der Waals surface area contributed by atoms with Crippen molar-refractivity contribution in [1.82, 2.24) is 10.3 Å². The number of esters is 1. The number of nitrogens with zero attached hydrogens (tertiary/aromatic N) is 1. The first-order valence-electron chi connectivity index (χ1n) is 6.04. The van der Waals surface area contributed by atoms with Crippen LogP contribution in [0.2, 0.25) is 0 Å². The second-order valence-electron chi connectivity index (χ2n) is 4.26. The Balaban J connectivity index is 1.88. The monoisotopic (exact) mass is 254 g/mol. The smallest absolute Gasteiger partial charge is 0.305 e. The summed E-state index contributed by atoms with van der Waals surface area (Å²) >= 11 is 1.69. The van der Waals surface area contributed by atoms with Crippen molar-refractivity contribution >= 4 is 17.3 Å². The molecule has 94 valence electrons. The number of aryl methyl sites for hydroxylation is 1. The predicted molar refractivity (Wildman–Crippen MR) is 67.0 cm³/mol. The number of hydrogen-bond acceptors (Lipinski definition) is 5. The molecular weight excluding hydrogens is 236 g/mol. The Labute approximate surface area is 105 Å². The highest BCUT2D eigenvalue weighted by atomic mass is 32.1. The van der Waals surface area contributed by atoms with E-state index in [9.17, 15) is 4.79 Å². The van der Waals surface area contributed by atoms with Crippen molar-refractivity contribution in [1.29, 1.82) is 0 Å². The van der Waals surface area contributed by atoms with Gasteiger partial charge in [0.15, 0.2) is 0 Å². The lowest BCUT2D eigenvalue weighted by Gasteiger charge is -2.21. The van der Waals surface area contributed by atoms with Gasteiger partial charge in [-0.15, -0.1) is 11.3 Å². The van der Waals surface area contributed by atoms with Crippen molar-refractivity contribution in [2.75, 3.05) is 13.7 Å². The van der Waals surface area contributed by atoms with Crippen molar-refractivity contribution in [3.8, 4) is 0 Å². The minimum Gasteiger partial charge on any atom is -0.469 e.